The van der Waals surface area contributed by atoms with Crippen molar-refractivity contribution in [3.8, 4) is 5.69 Å². The summed E-state index contributed by atoms with van der Waals surface area (Å²) in [5.74, 6) is -0.557. The maximum absolute atomic E-state index is 12.9. The molecule has 94 valence electrons. The van der Waals surface area contributed by atoms with Gasteiger partial charge in [-0.3, -0.25) is 9.78 Å². The van der Waals surface area contributed by atoms with E-state index >= 15 is 0 Å². The summed E-state index contributed by atoms with van der Waals surface area (Å²) in [7, 11) is 0. The zero-order valence-corrected chi connectivity index (χ0v) is 10.6. The Morgan fingerprint density at radius 1 is 1.28 bits per heavy atom. The molecule has 1 heterocycles. The molecule has 0 atom stereocenters. The summed E-state index contributed by atoms with van der Waals surface area (Å²) in [6.45, 7) is 1.47. The molecule has 7 heteroatoms. The van der Waals surface area contributed by atoms with Crippen molar-refractivity contribution in [3.63, 3.8) is 0 Å². The Kier molecular flexibility index (Phi) is 3.28. The summed E-state index contributed by atoms with van der Waals surface area (Å²) < 4.78 is 13.7. The van der Waals surface area contributed by atoms with Gasteiger partial charge in [0, 0.05) is 0 Å². The highest BCUT2D eigenvalue weighted by molar-refractivity contribution is 6.32. The lowest BCUT2D eigenvalue weighted by molar-refractivity contribution is 0.627. The number of benzene rings is 1. The van der Waals surface area contributed by atoms with Crippen LogP contribution in [0.1, 0.15) is 5.56 Å². The second-order valence-electron chi connectivity index (χ2n) is 3.61. The van der Waals surface area contributed by atoms with Crippen LogP contribution >= 0.6 is 23.2 Å². The molecule has 1 N–H and O–H groups in total. The van der Waals surface area contributed by atoms with Gasteiger partial charge in [-0.1, -0.05) is 23.2 Å². The highest BCUT2D eigenvalue weighted by Crippen LogP contribution is 2.19. The number of nitrogens with one attached hydrogen (secondary N) is 1. The third-order valence-electron chi connectivity index (χ3n) is 2.42. The number of hydrogen-bond acceptors (Lipinski definition) is 2. The summed E-state index contributed by atoms with van der Waals surface area (Å²) in [5, 5.41) is -0.0659. The lowest BCUT2D eigenvalue weighted by Gasteiger charge is -2.08. The normalized spacial score (nSPS) is 10.7. The van der Waals surface area contributed by atoms with E-state index in [4.69, 9.17) is 23.2 Å². The average Bonchev–Trinajstić information content (AvgIpc) is 2.29. The first-order valence-corrected chi connectivity index (χ1v) is 5.64. The van der Waals surface area contributed by atoms with E-state index in [1.54, 1.807) is 0 Å². The van der Waals surface area contributed by atoms with Crippen molar-refractivity contribution in [3.05, 3.63) is 60.6 Å². The molecule has 0 saturated carbocycles. The number of nitrogens with zero attached hydrogens (tertiary/aromatic N) is 1. The van der Waals surface area contributed by atoms with E-state index in [1.165, 1.54) is 13.0 Å². The van der Waals surface area contributed by atoms with Crippen molar-refractivity contribution in [2.45, 2.75) is 6.92 Å². The molecule has 4 nitrogen and oxygen atoms in total. The second-order valence-corrected chi connectivity index (χ2v) is 4.39. The Morgan fingerprint density at radius 3 is 2.56 bits per heavy atom. The zero-order chi connectivity index (χ0) is 13.4. The molecule has 1 aromatic heterocycles. The van der Waals surface area contributed by atoms with Gasteiger partial charge in [-0.2, -0.15) is 0 Å². The van der Waals surface area contributed by atoms with Gasteiger partial charge in [-0.05, 0) is 25.1 Å². The fourth-order valence-corrected chi connectivity index (χ4v) is 1.89. The van der Waals surface area contributed by atoms with Crippen molar-refractivity contribution >= 4 is 23.2 Å². The number of H-pyrrole nitrogens is 1. The van der Waals surface area contributed by atoms with Gasteiger partial charge in [0.25, 0.3) is 5.56 Å². The van der Waals surface area contributed by atoms with E-state index in [-0.39, 0.29) is 21.4 Å². The Morgan fingerprint density at radius 2 is 1.94 bits per heavy atom. The standard InChI is InChI=1S/C11H7Cl2FN2O2/c1-5-9(13)15-11(18)16(10(5)17)8-3-2-6(14)4-7(8)12/h2-4H,1H3,(H,15,18). The van der Waals surface area contributed by atoms with Crippen LogP contribution < -0.4 is 11.2 Å². The number of rotatable bonds is 1. The summed E-state index contributed by atoms with van der Waals surface area (Å²) >= 11 is 11.5. The van der Waals surface area contributed by atoms with Gasteiger partial charge < -0.3 is 0 Å². The fraction of sp³-hybridized carbons (Fsp3) is 0.0909. The van der Waals surface area contributed by atoms with Crippen molar-refractivity contribution in [1.29, 1.82) is 0 Å². The van der Waals surface area contributed by atoms with Gasteiger partial charge in [0.15, 0.2) is 0 Å². The van der Waals surface area contributed by atoms with Crippen LogP contribution in [0.15, 0.2) is 27.8 Å². The van der Waals surface area contributed by atoms with Gasteiger partial charge in [0.05, 0.1) is 16.3 Å². The van der Waals surface area contributed by atoms with Gasteiger partial charge in [0.2, 0.25) is 0 Å². The monoisotopic (exact) mass is 288 g/mol. The summed E-state index contributed by atoms with van der Waals surface area (Å²) in [6, 6.07) is 3.38. The molecule has 2 rings (SSSR count). The first-order valence-electron chi connectivity index (χ1n) is 4.88. The summed E-state index contributed by atoms with van der Waals surface area (Å²) in [5.41, 5.74) is -1.05. The van der Waals surface area contributed by atoms with Crippen LogP contribution in [-0.2, 0) is 0 Å². The van der Waals surface area contributed by atoms with E-state index in [2.05, 4.69) is 4.98 Å². The molecule has 0 aliphatic carbocycles. The third kappa shape index (κ3) is 2.07. The van der Waals surface area contributed by atoms with E-state index in [1.807, 2.05) is 0 Å². The largest absolute Gasteiger partial charge is 0.334 e. The Hall–Kier alpha value is -1.59. The molecule has 2 aromatic rings. The molecule has 0 fully saturated rings. The predicted octanol–water partition coefficient (Wildman–Crippen LogP) is 2.28. The molecule has 0 aliphatic rings. The lowest BCUT2D eigenvalue weighted by atomic mass is 10.3. The van der Waals surface area contributed by atoms with Crippen LogP contribution in [-0.4, -0.2) is 9.55 Å². The van der Waals surface area contributed by atoms with Gasteiger partial charge >= 0.3 is 5.69 Å². The third-order valence-corrected chi connectivity index (χ3v) is 3.10. The quantitative estimate of drug-likeness (QED) is 0.819. The van der Waals surface area contributed by atoms with Gasteiger partial charge in [-0.15, -0.1) is 0 Å². The number of halogens is 3. The molecule has 0 aliphatic heterocycles. The predicted molar refractivity (Wildman–Crippen MR) is 67.4 cm³/mol. The smallest absolute Gasteiger partial charge is 0.297 e. The van der Waals surface area contributed by atoms with E-state index in [9.17, 15) is 14.0 Å². The molecular formula is C11H7Cl2FN2O2. The van der Waals surface area contributed by atoms with Crippen LogP contribution in [0.25, 0.3) is 5.69 Å². The highest BCUT2D eigenvalue weighted by Gasteiger charge is 2.13. The molecule has 0 amide bonds. The second kappa shape index (κ2) is 4.59. The van der Waals surface area contributed by atoms with Crippen LogP contribution in [0, 0.1) is 12.7 Å². The topological polar surface area (TPSA) is 54.9 Å². The van der Waals surface area contributed by atoms with Crippen molar-refractivity contribution < 1.29 is 4.39 Å². The Labute approximate surface area is 111 Å². The van der Waals surface area contributed by atoms with Gasteiger partial charge in [-0.25, -0.2) is 13.8 Å². The van der Waals surface area contributed by atoms with Crippen molar-refractivity contribution in [2.24, 2.45) is 0 Å². The summed E-state index contributed by atoms with van der Waals surface area (Å²) in [6.07, 6.45) is 0. The lowest BCUT2D eigenvalue weighted by Crippen LogP contribution is -2.35. The first kappa shape index (κ1) is 12.9. The SMILES string of the molecule is Cc1c(Cl)[nH]c(=O)n(-c2ccc(F)cc2Cl)c1=O. The molecule has 0 unspecified atom stereocenters. The molecule has 1 aromatic carbocycles. The minimum atomic E-state index is -0.732. The molecule has 0 bridgehead atoms. The van der Waals surface area contributed by atoms with Crippen LogP contribution in [0.5, 0.6) is 0 Å². The number of hydrogen-bond donors (Lipinski definition) is 1. The van der Waals surface area contributed by atoms with E-state index in [0.29, 0.717) is 0 Å². The highest BCUT2D eigenvalue weighted by atomic mass is 35.5. The Bertz CT molecular complexity index is 737. The first-order chi connectivity index (χ1) is 8.41. The van der Waals surface area contributed by atoms with Gasteiger partial charge in [0.1, 0.15) is 11.0 Å². The molecule has 0 radical (unpaired) electrons. The zero-order valence-electron chi connectivity index (χ0n) is 9.13. The van der Waals surface area contributed by atoms with Crippen LogP contribution in [0.3, 0.4) is 0 Å². The molecule has 18 heavy (non-hydrogen) atoms. The summed E-state index contributed by atoms with van der Waals surface area (Å²) in [4.78, 5) is 26.0. The maximum Gasteiger partial charge on any atom is 0.334 e. The average molecular weight is 289 g/mol. The molecule has 0 saturated heterocycles. The van der Waals surface area contributed by atoms with Crippen LogP contribution in [0.2, 0.25) is 10.2 Å². The minimum Gasteiger partial charge on any atom is -0.297 e. The van der Waals surface area contributed by atoms with Crippen molar-refractivity contribution in [2.75, 3.05) is 0 Å². The van der Waals surface area contributed by atoms with E-state index in [0.717, 1.165) is 16.7 Å². The van der Waals surface area contributed by atoms with Crippen LogP contribution in [0.4, 0.5) is 4.39 Å². The minimum absolute atomic E-state index is 0.0283. The Balaban J connectivity index is 2.84. The fourth-order valence-electron chi connectivity index (χ4n) is 1.48. The van der Waals surface area contributed by atoms with Crippen molar-refractivity contribution in [1.82, 2.24) is 9.55 Å². The molecule has 0 spiro atoms. The number of aromatic amines is 1. The van der Waals surface area contributed by atoms with E-state index < -0.39 is 17.1 Å². The maximum atomic E-state index is 12.9. The number of aromatic nitrogens is 2. The molecular weight excluding hydrogens is 282 g/mol.